The quantitative estimate of drug-likeness (QED) is 0.738. The molecule has 144 valence electrons. The Morgan fingerprint density at radius 3 is 2.93 bits per heavy atom. The molecule has 1 saturated heterocycles. The van der Waals surface area contributed by atoms with Gasteiger partial charge in [0.1, 0.15) is 5.69 Å². The van der Waals surface area contributed by atoms with Crippen molar-refractivity contribution in [3.8, 4) is 11.3 Å². The monoisotopic (exact) mass is 390 g/mol. The largest absolute Gasteiger partial charge is 0.381 e. The number of hydrogen-bond acceptors (Lipinski definition) is 6. The van der Waals surface area contributed by atoms with Gasteiger partial charge in [-0.15, -0.1) is 12.4 Å². The summed E-state index contributed by atoms with van der Waals surface area (Å²) in [5.74, 6) is 0.869. The fourth-order valence-electron chi connectivity index (χ4n) is 4.28. The molecule has 27 heavy (non-hydrogen) atoms. The molecular formula is C18H23ClN6O2. The number of aromatic nitrogens is 5. The van der Waals surface area contributed by atoms with Crippen LogP contribution in [0.4, 0.5) is 0 Å². The number of rotatable bonds is 3. The molecule has 5 rings (SSSR count). The Bertz CT molecular complexity index is 910. The molecular weight excluding hydrogens is 368 g/mol. The Morgan fingerprint density at radius 2 is 2.15 bits per heavy atom. The second-order valence-electron chi connectivity index (χ2n) is 7.13. The van der Waals surface area contributed by atoms with Crippen molar-refractivity contribution < 1.29 is 9.26 Å². The predicted octanol–water partition coefficient (Wildman–Crippen LogP) is 2.28. The first-order valence-electron chi connectivity index (χ1n) is 9.05. The third-order valence-electron chi connectivity index (χ3n) is 5.62. The van der Waals surface area contributed by atoms with E-state index in [2.05, 4.69) is 25.1 Å². The van der Waals surface area contributed by atoms with Crippen LogP contribution in [0, 0.1) is 0 Å². The highest BCUT2D eigenvalue weighted by atomic mass is 35.5. The van der Waals surface area contributed by atoms with E-state index >= 15 is 0 Å². The Kier molecular flexibility index (Phi) is 4.79. The zero-order chi connectivity index (χ0) is 17.6. The lowest BCUT2D eigenvalue weighted by molar-refractivity contribution is -0.0479. The van der Waals surface area contributed by atoms with Crippen molar-refractivity contribution in [1.82, 2.24) is 29.8 Å². The van der Waals surface area contributed by atoms with Gasteiger partial charge in [0.2, 0.25) is 0 Å². The summed E-state index contributed by atoms with van der Waals surface area (Å²) in [6.45, 7) is 3.22. The number of ether oxygens (including phenoxy) is 1. The molecule has 0 aromatic carbocycles. The van der Waals surface area contributed by atoms with E-state index in [1.54, 1.807) is 10.9 Å². The highest BCUT2D eigenvalue weighted by molar-refractivity contribution is 5.85. The zero-order valence-electron chi connectivity index (χ0n) is 15.2. The molecule has 2 aliphatic heterocycles. The van der Waals surface area contributed by atoms with E-state index in [1.807, 2.05) is 25.6 Å². The molecule has 3 aromatic rings. The van der Waals surface area contributed by atoms with E-state index in [0.717, 1.165) is 62.6 Å². The topological polar surface area (TPSA) is 85.0 Å². The van der Waals surface area contributed by atoms with Crippen molar-refractivity contribution in [3.63, 3.8) is 0 Å². The number of aryl methyl sites for hydroxylation is 1. The van der Waals surface area contributed by atoms with Gasteiger partial charge in [-0.25, -0.2) is 4.98 Å². The molecule has 1 fully saturated rings. The molecule has 3 aromatic heterocycles. The summed E-state index contributed by atoms with van der Waals surface area (Å²) in [6, 6.07) is 2.02. The van der Waals surface area contributed by atoms with E-state index in [0.29, 0.717) is 0 Å². The Morgan fingerprint density at radius 1 is 1.30 bits per heavy atom. The fraction of sp³-hybridized carbons (Fsp3) is 0.500. The molecule has 0 amide bonds. The first-order valence-corrected chi connectivity index (χ1v) is 9.05. The average molecular weight is 391 g/mol. The lowest BCUT2D eigenvalue weighted by atomic mass is 9.80. The normalized spacial score (nSPS) is 19.0. The summed E-state index contributed by atoms with van der Waals surface area (Å²) in [5, 5.41) is 8.44. The average Bonchev–Trinajstić information content (AvgIpc) is 3.39. The molecule has 0 saturated carbocycles. The van der Waals surface area contributed by atoms with Gasteiger partial charge in [-0.1, -0.05) is 5.16 Å². The smallest absolute Gasteiger partial charge is 0.151 e. The number of fused-ring (bicyclic) bond motifs is 2. The molecule has 0 bridgehead atoms. The van der Waals surface area contributed by atoms with Crippen LogP contribution in [-0.2, 0) is 30.3 Å². The van der Waals surface area contributed by atoms with Crippen LogP contribution in [0.25, 0.3) is 11.3 Å². The maximum Gasteiger partial charge on any atom is 0.151 e. The minimum atomic E-state index is -0.0763. The van der Waals surface area contributed by atoms with Gasteiger partial charge in [0.25, 0.3) is 0 Å². The van der Waals surface area contributed by atoms with Gasteiger partial charge in [0.05, 0.1) is 30.3 Å². The molecule has 5 heterocycles. The van der Waals surface area contributed by atoms with Gasteiger partial charge in [0, 0.05) is 56.7 Å². The van der Waals surface area contributed by atoms with Crippen LogP contribution in [0.5, 0.6) is 0 Å². The molecule has 0 unspecified atom stereocenters. The third kappa shape index (κ3) is 3.07. The number of aromatic amines is 1. The van der Waals surface area contributed by atoms with Crippen molar-refractivity contribution in [3.05, 3.63) is 41.9 Å². The lowest BCUT2D eigenvalue weighted by Crippen LogP contribution is -2.53. The minimum Gasteiger partial charge on any atom is -0.381 e. The number of nitrogens with zero attached hydrogens (tertiary/aromatic N) is 5. The molecule has 1 N–H and O–H groups in total. The number of hydrogen-bond donors (Lipinski definition) is 1. The predicted molar refractivity (Wildman–Crippen MR) is 100 cm³/mol. The van der Waals surface area contributed by atoms with E-state index in [9.17, 15) is 0 Å². The van der Waals surface area contributed by atoms with Crippen molar-refractivity contribution in [2.45, 2.75) is 31.3 Å². The maximum atomic E-state index is 5.65. The SMILES string of the molecule is Cl.Cn1cc(-c2cc(CN3CCc4[nH]cnc4C34CCOCC4)on2)cn1. The van der Waals surface area contributed by atoms with Crippen molar-refractivity contribution >= 4 is 12.4 Å². The number of H-pyrrole nitrogens is 1. The highest BCUT2D eigenvalue weighted by Crippen LogP contribution is 2.42. The standard InChI is InChI=1S/C18H22N6O2.ClH/c1-23-10-13(9-21-23)16-8-14(26-22-16)11-24-5-2-15-17(20-12-19-15)18(24)3-6-25-7-4-18;/h8-10,12H,2-7,11H2,1H3,(H,19,20);1H. The maximum absolute atomic E-state index is 5.65. The van der Waals surface area contributed by atoms with Crippen LogP contribution in [0.3, 0.4) is 0 Å². The first kappa shape index (κ1) is 18.2. The second-order valence-corrected chi connectivity index (χ2v) is 7.13. The molecule has 0 atom stereocenters. The molecule has 0 aliphatic carbocycles. The van der Waals surface area contributed by atoms with Gasteiger partial charge >= 0.3 is 0 Å². The Hall–Kier alpha value is -2.16. The van der Waals surface area contributed by atoms with Gasteiger partial charge in [0.15, 0.2) is 5.76 Å². The van der Waals surface area contributed by atoms with Crippen LogP contribution in [0.1, 0.15) is 30.0 Å². The summed E-state index contributed by atoms with van der Waals surface area (Å²) < 4.78 is 13.1. The summed E-state index contributed by atoms with van der Waals surface area (Å²) in [6.07, 6.45) is 8.45. The van der Waals surface area contributed by atoms with E-state index in [4.69, 9.17) is 9.26 Å². The van der Waals surface area contributed by atoms with E-state index in [1.165, 1.54) is 11.4 Å². The van der Waals surface area contributed by atoms with Crippen LogP contribution < -0.4 is 0 Å². The van der Waals surface area contributed by atoms with Crippen LogP contribution in [0.15, 0.2) is 29.3 Å². The first-order chi connectivity index (χ1) is 12.7. The fourth-order valence-corrected chi connectivity index (χ4v) is 4.28. The molecule has 0 radical (unpaired) electrons. The van der Waals surface area contributed by atoms with E-state index in [-0.39, 0.29) is 17.9 Å². The highest BCUT2D eigenvalue weighted by Gasteiger charge is 2.46. The third-order valence-corrected chi connectivity index (χ3v) is 5.62. The van der Waals surface area contributed by atoms with Gasteiger partial charge in [-0.2, -0.15) is 5.10 Å². The van der Waals surface area contributed by atoms with Crippen molar-refractivity contribution in [2.75, 3.05) is 19.8 Å². The van der Waals surface area contributed by atoms with Crippen molar-refractivity contribution in [1.29, 1.82) is 0 Å². The van der Waals surface area contributed by atoms with Gasteiger partial charge in [-0.3, -0.25) is 9.58 Å². The summed E-state index contributed by atoms with van der Waals surface area (Å²) in [5.41, 5.74) is 4.16. The van der Waals surface area contributed by atoms with Crippen LogP contribution in [-0.4, -0.2) is 49.6 Å². The molecule has 8 nitrogen and oxygen atoms in total. The number of imidazole rings is 1. The Labute approximate surface area is 163 Å². The second kappa shape index (κ2) is 7.10. The molecule has 2 aliphatic rings. The van der Waals surface area contributed by atoms with Gasteiger partial charge in [-0.05, 0) is 12.8 Å². The summed E-state index contributed by atoms with van der Waals surface area (Å²) in [7, 11) is 1.90. The van der Waals surface area contributed by atoms with Crippen LogP contribution in [0.2, 0.25) is 0 Å². The van der Waals surface area contributed by atoms with E-state index < -0.39 is 0 Å². The summed E-state index contributed by atoms with van der Waals surface area (Å²) >= 11 is 0. The summed E-state index contributed by atoms with van der Waals surface area (Å²) in [4.78, 5) is 10.5. The van der Waals surface area contributed by atoms with Gasteiger partial charge < -0.3 is 14.2 Å². The zero-order valence-corrected chi connectivity index (χ0v) is 16.0. The number of halogens is 1. The number of nitrogens with one attached hydrogen (secondary N) is 1. The lowest BCUT2D eigenvalue weighted by Gasteiger charge is -2.48. The van der Waals surface area contributed by atoms with Crippen LogP contribution >= 0.6 is 12.4 Å². The Balaban J connectivity index is 0.00000180. The van der Waals surface area contributed by atoms with Crippen molar-refractivity contribution in [2.24, 2.45) is 7.05 Å². The molecule has 1 spiro atoms. The minimum absolute atomic E-state index is 0. The molecule has 9 heteroatoms.